The molecule has 0 atom stereocenters. The first-order valence-electron chi connectivity index (χ1n) is 9.07. The van der Waals surface area contributed by atoms with E-state index in [0.717, 1.165) is 35.7 Å². The molecule has 2 heterocycles. The van der Waals surface area contributed by atoms with E-state index in [1.807, 2.05) is 24.3 Å². The van der Waals surface area contributed by atoms with Crippen LogP contribution in [0.1, 0.15) is 23.2 Å². The number of piperidine rings is 1. The molecule has 4 rings (SSSR count). The summed E-state index contributed by atoms with van der Waals surface area (Å²) in [5.41, 5.74) is 1.64. The van der Waals surface area contributed by atoms with Crippen LogP contribution in [0.2, 0.25) is 5.02 Å². The Morgan fingerprint density at radius 1 is 1.14 bits per heavy atom. The third-order valence-electron chi connectivity index (χ3n) is 5.05. The van der Waals surface area contributed by atoms with Gasteiger partial charge in [0, 0.05) is 41.4 Å². The maximum absolute atomic E-state index is 13.8. The summed E-state index contributed by atoms with van der Waals surface area (Å²) in [6.45, 7) is 1.47. The van der Waals surface area contributed by atoms with Gasteiger partial charge in [-0.15, -0.1) is 0 Å². The number of aromatic nitrogens is 1. The molecule has 0 saturated carbocycles. The smallest absolute Gasteiger partial charge is 0.254 e. The van der Waals surface area contributed by atoms with Gasteiger partial charge < -0.3 is 10.2 Å². The van der Waals surface area contributed by atoms with E-state index >= 15 is 0 Å². The molecule has 0 radical (unpaired) electrons. The van der Waals surface area contributed by atoms with Crippen molar-refractivity contribution in [2.75, 3.05) is 18.0 Å². The van der Waals surface area contributed by atoms with Crippen molar-refractivity contribution >= 4 is 34.1 Å². The highest BCUT2D eigenvalue weighted by Crippen LogP contribution is 2.29. The van der Waals surface area contributed by atoms with E-state index in [2.05, 4.69) is 15.2 Å². The number of hydrogen-bond acceptors (Lipinski definition) is 3. The van der Waals surface area contributed by atoms with Crippen molar-refractivity contribution in [2.24, 2.45) is 0 Å². The standard InChI is InChI=1S/C21H18ClF2N3O/c22-13-4-5-15-18(12-13)25-9-6-19(15)27-10-7-14(8-11-27)26-21(28)16-2-1-3-17(23)20(16)24/h1-6,9,12,14H,7-8,10-11H2,(H,26,28). The number of pyridine rings is 1. The second kappa shape index (κ2) is 7.72. The second-order valence-electron chi connectivity index (χ2n) is 6.83. The highest BCUT2D eigenvalue weighted by molar-refractivity contribution is 6.31. The molecule has 1 aliphatic heterocycles. The van der Waals surface area contributed by atoms with Gasteiger partial charge in [0.05, 0.1) is 11.1 Å². The third kappa shape index (κ3) is 3.64. The number of rotatable bonds is 3. The molecule has 3 aromatic rings. The fourth-order valence-corrected chi connectivity index (χ4v) is 3.76. The minimum Gasteiger partial charge on any atom is -0.371 e. The topological polar surface area (TPSA) is 45.2 Å². The van der Waals surface area contributed by atoms with Crippen LogP contribution in [0.15, 0.2) is 48.7 Å². The van der Waals surface area contributed by atoms with E-state index in [1.165, 1.54) is 12.1 Å². The Balaban J connectivity index is 1.44. The van der Waals surface area contributed by atoms with Gasteiger partial charge in [0.25, 0.3) is 5.91 Å². The number of carbonyl (C=O) groups excluding carboxylic acids is 1. The van der Waals surface area contributed by atoms with Gasteiger partial charge in [0.15, 0.2) is 11.6 Å². The molecule has 7 heteroatoms. The van der Waals surface area contributed by atoms with Gasteiger partial charge in [-0.25, -0.2) is 8.78 Å². The minimum absolute atomic E-state index is 0.0889. The van der Waals surface area contributed by atoms with Crippen LogP contribution >= 0.6 is 11.6 Å². The lowest BCUT2D eigenvalue weighted by molar-refractivity contribution is 0.0926. The molecular weight excluding hydrogens is 384 g/mol. The van der Waals surface area contributed by atoms with Gasteiger partial charge >= 0.3 is 0 Å². The maximum Gasteiger partial charge on any atom is 0.254 e. The van der Waals surface area contributed by atoms with E-state index < -0.39 is 17.5 Å². The van der Waals surface area contributed by atoms with Crippen LogP contribution in [0, 0.1) is 11.6 Å². The molecule has 1 aliphatic rings. The third-order valence-corrected chi connectivity index (χ3v) is 5.28. The fraction of sp³-hybridized carbons (Fsp3) is 0.238. The molecule has 0 bridgehead atoms. The summed E-state index contributed by atoms with van der Waals surface area (Å²) in [5, 5.41) is 4.48. The Labute approximate surface area is 166 Å². The Morgan fingerprint density at radius 3 is 2.71 bits per heavy atom. The van der Waals surface area contributed by atoms with Crippen LogP contribution < -0.4 is 10.2 Å². The molecule has 1 fully saturated rings. The number of benzene rings is 2. The summed E-state index contributed by atoms with van der Waals surface area (Å²) >= 11 is 6.05. The number of amides is 1. The van der Waals surface area contributed by atoms with Crippen molar-refractivity contribution in [1.82, 2.24) is 10.3 Å². The van der Waals surface area contributed by atoms with Crippen LogP contribution in [0.3, 0.4) is 0 Å². The van der Waals surface area contributed by atoms with Crippen LogP contribution in [0.25, 0.3) is 10.9 Å². The Morgan fingerprint density at radius 2 is 1.93 bits per heavy atom. The Bertz CT molecular complexity index is 1040. The average molecular weight is 402 g/mol. The molecule has 0 spiro atoms. The van der Waals surface area contributed by atoms with Crippen molar-refractivity contribution < 1.29 is 13.6 Å². The Hall–Kier alpha value is -2.73. The zero-order valence-electron chi connectivity index (χ0n) is 15.0. The van der Waals surface area contributed by atoms with Gasteiger partial charge in [-0.2, -0.15) is 0 Å². The first-order chi connectivity index (χ1) is 13.5. The van der Waals surface area contributed by atoms with Crippen LogP contribution in [-0.2, 0) is 0 Å². The van der Waals surface area contributed by atoms with Gasteiger partial charge in [-0.3, -0.25) is 9.78 Å². The summed E-state index contributed by atoms with van der Waals surface area (Å²) in [4.78, 5) is 18.9. The lowest BCUT2D eigenvalue weighted by Gasteiger charge is -2.34. The molecule has 144 valence electrons. The van der Waals surface area contributed by atoms with Crippen molar-refractivity contribution in [2.45, 2.75) is 18.9 Å². The predicted molar refractivity (Wildman–Crippen MR) is 106 cm³/mol. The molecule has 28 heavy (non-hydrogen) atoms. The molecule has 1 aromatic heterocycles. The SMILES string of the molecule is O=C(NC1CCN(c2ccnc3cc(Cl)ccc23)CC1)c1cccc(F)c1F. The monoisotopic (exact) mass is 401 g/mol. The Kier molecular flexibility index (Phi) is 5.13. The normalized spacial score (nSPS) is 15.0. The van der Waals surface area contributed by atoms with Crippen molar-refractivity contribution in [1.29, 1.82) is 0 Å². The molecule has 1 saturated heterocycles. The molecule has 2 aromatic carbocycles. The second-order valence-corrected chi connectivity index (χ2v) is 7.26. The van der Waals surface area contributed by atoms with E-state index in [4.69, 9.17) is 11.6 Å². The van der Waals surface area contributed by atoms with Crippen LogP contribution in [0.5, 0.6) is 0 Å². The van der Waals surface area contributed by atoms with Crippen molar-refractivity contribution in [3.05, 3.63) is 70.9 Å². The van der Waals surface area contributed by atoms with Crippen LogP contribution in [0.4, 0.5) is 14.5 Å². The summed E-state index contributed by atoms with van der Waals surface area (Å²) in [6, 6.07) is 11.1. The number of anilines is 1. The fourth-order valence-electron chi connectivity index (χ4n) is 3.59. The number of halogens is 3. The average Bonchev–Trinajstić information content (AvgIpc) is 2.70. The molecule has 1 amide bonds. The van der Waals surface area contributed by atoms with Gasteiger partial charge in [-0.1, -0.05) is 17.7 Å². The summed E-state index contributed by atoms with van der Waals surface area (Å²) in [5.74, 6) is -2.72. The number of hydrogen-bond donors (Lipinski definition) is 1. The number of nitrogens with zero attached hydrogens (tertiary/aromatic N) is 2. The molecule has 1 N–H and O–H groups in total. The van der Waals surface area contributed by atoms with Crippen molar-refractivity contribution in [3.8, 4) is 0 Å². The van der Waals surface area contributed by atoms with E-state index in [1.54, 1.807) is 6.20 Å². The summed E-state index contributed by atoms with van der Waals surface area (Å²) < 4.78 is 27.1. The highest BCUT2D eigenvalue weighted by Gasteiger charge is 2.24. The van der Waals surface area contributed by atoms with E-state index in [9.17, 15) is 13.6 Å². The summed E-state index contributed by atoms with van der Waals surface area (Å²) in [6.07, 6.45) is 3.18. The zero-order valence-corrected chi connectivity index (χ0v) is 15.7. The van der Waals surface area contributed by atoms with Gasteiger partial charge in [0.1, 0.15) is 0 Å². The van der Waals surface area contributed by atoms with E-state index in [-0.39, 0.29) is 11.6 Å². The van der Waals surface area contributed by atoms with Gasteiger partial charge in [0.2, 0.25) is 0 Å². The van der Waals surface area contributed by atoms with Crippen LogP contribution in [-0.4, -0.2) is 30.0 Å². The number of nitrogens with one attached hydrogen (secondary N) is 1. The van der Waals surface area contributed by atoms with E-state index in [0.29, 0.717) is 17.9 Å². The number of fused-ring (bicyclic) bond motifs is 1. The number of carbonyl (C=O) groups is 1. The first kappa shape index (κ1) is 18.6. The first-order valence-corrected chi connectivity index (χ1v) is 9.45. The predicted octanol–water partition coefficient (Wildman–Crippen LogP) is 4.57. The molecule has 0 aliphatic carbocycles. The quantitative estimate of drug-likeness (QED) is 0.699. The molecule has 0 unspecified atom stereocenters. The highest BCUT2D eigenvalue weighted by atomic mass is 35.5. The zero-order chi connectivity index (χ0) is 19.7. The minimum atomic E-state index is -1.11. The lowest BCUT2D eigenvalue weighted by atomic mass is 10.0. The van der Waals surface area contributed by atoms with Crippen molar-refractivity contribution in [3.63, 3.8) is 0 Å². The largest absolute Gasteiger partial charge is 0.371 e. The summed E-state index contributed by atoms with van der Waals surface area (Å²) in [7, 11) is 0. The molecular formula is C21H18ClF2N3O. The maximum atomic E-state index is 13.8. The molecule has 4 nitrogen and oxygen atoms in total. The lowest BCUT2D eigenvalue weighted by Crippen LogP contribution is -2.45. The van der Waals surface area contributed by atoms with Gasteiger partial charge in [-0.05, 0) is 49.2 Å².